The van der Waals surface area contributed by atoms with E-state index in [2.05, 4.69) is 10.3 Å². The van der Waals surface area contributed by atoms with Gasteiger partial charge in [-0.15, -0.1) is 0 Å². The fourth-order valence-electron chi connectivity index (χ4n) is 1.23. The molecule has 1 aromatic heterocycles. The van der Waals surface area contributed by atoms with Crippen LogP contribution in [0.4, 0.5) is 6.01 Å². The third-order valence-corrected chi connectivity index (χ3v) is 2.96. The standard InChI is InChI=1S/C11H9IN2O3/c1-6-5-17-11(13-6)14-10(16)7-2-3-8(12)9(15)4-7/h2-5,15H,1H3,(H,13,14,16). The highest BCUT2D eigenvalue weighted by Crippen LogP contribution is 2.21. The van der Waals surface area contributed by atoms with Crippen molar-refractivity contribution >= 4 is 34.5 Å². The number of phenolic OH excluding ortho intramolecular Hbond substituents is 1. The lowest BCUT2D eigenvalue weighted by Gasteiger charge is -2.02. The van der Waals surface area contributed by atoms with Crippen molar-refractivity contribution < 1.29 is 14.3 Å². The molecule has 1 amide bonds. The van der Waals surface area contributed by atoms with Gasteiger partial charge in [-0.1, -0.05) is 0 Å². The van der Waals surface area contributed by atoms with Crippen LogP contribution in [0.15, 0.2) is 28.9 Å². The minimum absolute atomic E-state index is 0.0711. The molecule has 0 saturated heterocycles. The molecule has 0 unspecified atom stereocenters. The highest BCUT2D eigenvalue weighted by molar-refractivity contribution is 14.1. The van der Waals surface area contributed by atoms with E-state index in [1.54, 1.807) is 19.1 Å². The fraction of sp³-hybridized carbons (Fsp3) is 0.0909. The van der Waals surface area contributed by atoms with E-state index in [-0.39, 0.29) is 17.7 Å². The second-order valence-electron chi connectivity index (χ2n) is 3.41. The zero-order chi connectivity index (χ0) is 12.4. The van der Waals surface area contributed by atoms with Crippen molar-refractivity contribution in [3.63, 3.8) is 0 Å². The first kappa shape index (κ1) is 11.9. The second kappa shape index (κ2) is 4.74. The minimum atomic E-state index is -0.376. The van der Waals surface area contributed by atoms with Crippen LogP contribution in [-0.4, -0.2) is 16.0 Å². The average molecular weight is 344 g/mol. The summed E-state index contributed by atoms with van der Waals surface area (Å²) in [5.41, 5.74) is 1.03. The molecule has 0 aliphatic rings. The van der Waals surface area contributed by atoms with Crippen molar-refractivity contribution in [1.82, 2.24) is 4.98 Å². The van der Waals surface area contributed by atoms with E-state index in [9.17, 15) is 9.90 Å². The Morgan fingerprint density at radius 1 is 1.53 bits per heavy atom. The number of hydrogen-bond acceptors (Lipinski definition) is 4. The van der Waals surface area contributed by atoms with Crippen molar-refractivity contribution in [3.8, 4) is 5.75 Å². The van der Waals surface area contributed by atoms with E-state index in [0.29, 0.717) is 14.8 Å². The van der Waals surface area contributed by atoms with Gasteiger partial charge in [0.15, 0.2) is 0 Å². The number of halogens is 1. The van der Waals surface area contributed by atoms with Crippen LogP contribution in [-0.2, 0) is 0 Å². The molecule has 2 aromatic rings. The summed E-state index contributed by atoms with van der Waals surface area (Å²) >= 11 is 1.98. The highest BCUT2D eigenvalue weighted by atomic mass is 127. The lowest BCUT2D eigenvalue weighted by molar-refractivity contribution is 0.102. The molecule has 0 bridgehead atoms. The second-order valence-corrected chi connectivity index (χ2v) is 4.58. The number of phenols is 1. The Hall–Kier alpha value is -1.57. The molecule has 0 fully saturated rings. The number of oxazole rings is 1. The van der Waals surface area contributed by atoms with Crippen LogP contribution in [0.3, 0.4) is 0 Å². The number of nitrogens with one attached hydrogen (secondary N) is 1. The maximum absolute atomic E-state index is 11.8. The molecule has 0 radical (unpaired) electrons. The number of aryl methyl sites for hydroxylation is 1. The number of benzene rings is 1. The van der Waals surface area contributed by atoms with Crippen LogP contribution in [0.1, 0.15) is 16.1 Å². The molecule has 1 heterocycles. The molecule has 6 heteroatoms. The summed E-state index contributed by atoms with van der Waals surface area (Å²) in [5, 5.41) is 12.0. The van der Waals surface area contributed by atoms with Gasteiger partial charge in [-0.25, -0.2) is 0 Å². The zero-order valence-electron chi connectivity index (χ0n) is 8.90. The van der Waals surface area contributed by atoms with Crippen LogP contribution < -0.4 is 5.32 Å². The lowest BCUT2D eigenvalue weighted by atomic mass is 10.2. The van der Waals surface area contributed by atoms with Gasteiger partial charge in [-0.2, -0.15) is 4.98 Å². The van der Waals surface area contributed by atoms with Gasteiger partial charge >= 0.3 is 6.01 Å². The molecule has 2 N–H and O–H groups in total. The van der Waals surface area contributed by atoms with Gasteiger partial charge in [0.05, 0.1) is 9.26 Å². The van der Waals surface area contributed by atoms with Gasteiger partial charge in [0, 0.05) is 5.56 Å². The predicted molar refractivity (Wildman–Crippen MR) is 70.0 cm³/mol. The molecule has 0 aliphatic carbocycles. The minimum Gasteiger partial charge on any atom is -0.507 e. The smallest absolute Gasteiger partial charge is 0.301 e. The third kappa shape index (κ3) is 2.76. The quantitative estimate of drug-likeness (QED) is 0.821. The topological polar surface area (TPSA) is 75.4 Å². The van der Waals surface area contributed by atoms with Gasteiger partial charge < -0.3 is 9.52 Å². The molecule has 17 heavy (non-hydrogen) atoms. The Kier molecular flexibility index (Phi) is 3.32. The summed E-state index contributed by atoms with van der Waals surface area (Å²) in [6.07, 6.45) is 1.45. The molecule has 0 spiro atoms. The van der Waals surface area contributed by atoms with Gasteiger partial charge in [-0.3, -0.25) is 10.1 Å². The number of hydrogen-bond donors (Lipinski definition) is 2. The summed E-state index contributed by atoms with van der Waals surface area (Å²) in [6, 6.07) is 4.82. The van der Waals surface area contributed by atoms with Gasteiger partial charge in [0.25, 0.3) is 5.91 Å². The van der Waals surface area contributed by atoms with Crippen LogP contribution in [0.5, 0.6) is 5.75 Å². The first-order valence-electron chi connectivity index (χ1n) is 4.78. The van der Waals surface area contributed by atoms with E-state index >= 15 is 0 Å². The predicted octanol–water partition coefficient (Wildman–Crippen LogP) is 2.55. The number of anilines is 1. The van der Waals surface area contributed by atoms with Crippen molar-refractivity contribution in [1.29, 1.82) is 0 Å². The Morgan fingerprint density at radius 2 is 2.29 bits per heavy atom. The average Bonchev–Trinajstić information content (AvgIpc) is 2.68. The number of nitrogens with zero attached hydrogens (tertiary/aromatic N) is 1. The molecule has 1 aromatic carbocycles. The molecule has 88 valence electrons. The summed E-state index contributed by atoms with van der Waals surface area (Å²) in [5.74, 6) is -0.305. The van der Waals surface area contributed by atoms with Crippen molar-refractivity contribution in [2.24, 2.45) is 0 Å². The number of aromatic hydroxyl groups is 1. The van der Waals surface area contributed by atoms with Crippen molar-refractivity contribution in [3.05, 3.63) is 39.3 Å². The molecule has 0 atom stereocenters. The Labute approximate surface area is 111 Å². The molecule has 0 aliphatic heterocycles. The normalized spacial score (nSPS) is 10.2. The fourth-order valence-corrected chi connectivity index (χ4v) is 1.57. The summed E-state index contributed by atoms with van der Waals surface area (Å²) in [7, 11) is 0. The largest absolute Gasteiger partial charge is 0.507 e. The maximum atomic E-state index is 11.8. The highest BCUT2D eigenvalue weighted by Gasteiger charge is 2.11. The van der Waals surface area contributed by atoms with E-state index < -0.39 is 0 Å². The molecule has 2 rings (SSSR count). The first-order valence-corrected chi connectivity index (χ1v) is 5.86. The maximum Gasteiger partial charge on any atom is 0.301 e. The van der Waals surface area contributed by atoms with E-state index in [1.807, 2.05) is 22.6 Å². The van der Waals surface area contributed by atoms with Crippen molar-refractivity contribution in [2.75, 3.05) is 5.32 Å². The van der Waals surface area contributed by atoms with E-state index in [1.165, 1.54) is 12.3 Å². The molecule has 0 saturated carbocycles. The number of aromatic nitrogens is 1. The Balaban J connectivity index is 2.17. The Bertz CT molecular complexity index is 566. The van der Waals surface area contributed by atoms with Gasteiger partial charge in [0.1, 0.15) is 12.0 Å². The molecule has 5 nitrogen and oxygen atoms in total. The summed E-state index contributed by atoms with van der Waals surface area (Å²) < 4.78 is 5.69. The van der Waals surface area contributed by atoms with Crippen molar-refractivity contribution in [2.45, 2.75) is 6.92 Å². The zero-order valence-corrected chi connectivity index (χ0v) is 11.1. The van der Waals surface area contributed by atoms with Gasteiger partial charge in [-0.05, 0) is 47.7 Å². The number of rotatable bonds is 2. The monoisotopic (exact) mass is 344 g/mol. The van der Waals surface area contributed by atoms with Crippen LogP contribution in [0, 0.1) is 10.5 Å². The van der Waals surface area contributed by atoms with E-state index in [0.717, 1.165) is 0 Å². The van der Waals surface area contributed by atoms with Crippen LogP contribution in [0.2, 0.25) is 0 Å². The molecular weight excluding hydrogens is 335 g/mol. The summed E-state index contributed by atoms with van der Waals surface area (Å²) in [6.45, 7) is 1.76. The van der Waals surface area contributed by atoms with Crippen LogP contribution >= 0.6 is 22.6 Å². The summed E-state index contributed by atoms with van der Waals surface area (Å²) in [4.78, 5) is 15.7. The number of amides is 1. The SMILES string of the molecule is Cc1coc(NC(=O)c2ccc(I)c(O)c2)n1. The molecular formula is C11H9IN2O3. The third-order valence-electron chi connectivity index (χ3n) is 2.05. The Morgan fingerprint density at radius 3 is 2.88 bits per heavy atom. The number of carbonyl (C=O) groups excluding carboxylic acids is 1. The van der Waals surface area contributed by atoms with E-state index in [4.69, 9.17) is 4.42 Å². The number of carbonyl (C=O) groups is 1. The van der Waals surface area contributed by atoms with Gasteiger partial charge in [0.2, 0.25) is 0 Å². The lowest BCUT2D eigenvalue weighted by Crippen LogP contribution is -2.12. The van der Waals surface area contributed by atoms with Crippen LogP contribution in [0.25, 0.3) is 0 Å². The first-order chi connectivity index (χ1) is 8.06.